The molecule has 144 valence electrons. The monoisotopic (exact) mass is 376 g/mol. The van der Waals surface area contributed by atoms with Gasteiger partial charge in [-0.3, -0.25) is 9.36 Å². The summed E-state index contributed by atoms with van der Waals surface area (Å²) in [6, 6.07) is 6.01. The molecule has 1 aliphatic carbocycles. The van der Waals surface area contributed by atoms with Crippen molar-refractivity contribution in [2.24, 2.45) is 5.92 Å². The van der Waals surface area contributed by atoms with Crippen molar-refractivity contribution in [3.05, 3.63) is 52.8 Å². The smallest absolute Gasteiger partial charge is 0.261 e. The number of nitrogens with zero attached hydrogens (tertiary/aromatic N) is 6. The molecule has 0 bridgehead atoms. The van der Waals surface area contributed by atoms with Gasteiger partial charge < -0.3 is 9.80 Å². The maximum atomic E-state index is 12.7. The van der Waals surface area contributed by atoms with Gasteiger partial charge in [0.1, 0.15) is 0 Å². The van der Waals surface area contributed by atoms with E-state index in [4.69, 9.17) is 0 Å². The molecule has 7 heteroatoms. The fourth-order valence-corrected chi connectivity index (χ4v) is 3.77. The van der Waals surface area contributed by atoms with E-state index in [-0.39, 0.29) is 5.56 Å². The summed E-state index contributed by atoms with van der Waals surface area (Å²) < 4.78 is 1.76. The van der Waals surface area contributed by atoms with Crippen molar-refractivity contribution in [3.63, 3.8) is 0 Å². The highest BCUT2D eigenvalue weighted by atomic mass is 16.1. The zero-order valence-electron chi connectivity index (χ0n) is 16.1. The van der Waals surface area contributed by atoms with Crippen LogP contribution in [0, 0.1) is 12.8 Å². The van der Waals surface area contributed by atoms with Crippen LogP contribution in [0.5, 0.6) is 0 Å². The van der Waals surface area contributed by atoms with Crippen molar-refractivity contribution in [1.82, 2.24) is 19.5 Å². The van der Waals surface area contributed by atoms with Crippen LogP contribution in [0.1, 0.15) is 18.4 Å². The van der Waals surface area contributed by atoms with Crippen molar-refractivity contribution < 1.29 is 0 Å². The van der Waals surface area contributed by atoms with Gasteiger partial charge in [-0.2, -0.15) is 0 Å². The Hall–Kier alpha value is -2.96. The molecule has 1 aliphatic heterocycles. The van der Waals surface area contributed by atoms with Crippen LogP contribution in [0.25, 0.3) is 10.9 Å². The summed E-state index contributed by atoms with van der Waals surface area (Å²) in [4.78, 5) is 30.7. The number of hydrogen-bond acceptors (Lipinski definition) is 6. The fourth-order valence-electron chi connectivity index (χ4n) is 3.77. The van der Waals surface area contributed by atoms with E-state index >= 15 is 0 Å². The van der Waals surface area contributed by atoms with Gasteiger partial charge in [0, 0.05) is 50.8 Å². The summed E-state index contributed by atoms with van der Waals surface area (Å²) in [5.41, 5.74) is 3.04. The Morgan fingerprint density at radius 2 is 1.71 bits per heavy atom. The highest BCUT2D eigenvalue weighted by Gasteiger charge is 2.23. The molecule has 0 spiro atoms. The lowest BCUT2D eigenvalue weighted by atomic mass is 10.2. The van der Waals surface area contributed by atoms with E-state index in [1.807, 2.05) is 37.5 Å². The van der Waals surface area contributed by atoms with Crippen LogP contribution in [0.2, 0.25) is 0 Å². The Labute approximate surface area is 163 Å². The van der Waals surface area contributed by atoms with Crippen molar-refractivity contribution in [2.75, 3.05) is 36.0 Å². The summed E-state index contributed by atoms with van der Waals surface area (Å²) in [5.74, 6) is 1.45. The molecule has 0 radical (unpaired) electrons. The van der Waals surface area contributed by atoms with Gasteiger partial charge in [-0.15, -0.1) is 0 Å². The maximum absolute atomic E-state index is 12.7. The second-order valence-corrected chi connectivity index (χ2v) is 7.88. The van der Waals surface area contributed by atoms with Gasteiger partial charge in [-0.1, -0.05) is 0 Å². The first-order chi connectivity index (χ1) is 13.7. The van der Waals surface area contributed by atoms with E-state index in [0.29, 0.717) is 11.3 Å². The van der Waals surface area contributed by atoms with E-state index in [1.54, 1.807) is 10.9 Å². The highest BCUT2D eigenvalue weighted by Crippen LogP contribution is 2.30. The number of fused-ring (bicyclic) bond motifs is 1. The van der Waals surface area contributed by atoms with E-state index in [2.05, 4.69) is 24.8 Å². The van der Waals surface area contributed by atoms with Crippen molar-refractivity contribution in [2.45, 2.75) is 26.3 Å². The summed E-state index contributed by atoms with van der Waals surface area (Å²) in [7, 11) is 0. The average Bonchev–Trinajstić information content (AvgIpc) is 3.55. The quantitative estimate of drug-likeness (QED) is 0.696. The molecule has 0 amide bonds. The molecule has 1 saturated carbocycles. The maximum Gasteiger partial charge on any atom is 0.261 e. The fraction of sp³-hybridized carbons (Fsp3) is 0.429. The molecule has 0 atom stereocenters. The van der Waals surface area contributed by atoms with Crippen LogP contribution in [0.15, 0.2) is 41.7 Å². The topological polar surface area (TPSA) is 67.2 Å². The zero-order chi connectivity index (χ0) is 19.1. The van der Waals surface area contributed by atoms with Crippen LogP contribution in [0.3, 0.4) is 0 Å². The molecule has 2 fully saturated rings. The number of piperazine rings is 1. The molecule has 5 rings (SSSR count). The van der Waals surface area contributed by atoms with Gasteiger partial charge in [0.25, 0.3) is 5.56 Å². The Morgan fingerprint density at radius 3 is 2.43 bits per heavy atom. The SMILES string of the molecule is Cc1cnc(N2CCN(c3ccc4c(=O)n(CC5CC5)cnc4c3)CC2)nc1. The summed E-state index contributed by atoms with van der Waals surface area (Å²) in [6.07, 6.45) is 7.88. The van der Waals surface area contributed by atoms with Crippen molar-refractivity contribution in [3.8, 4) is 0 Å². The predicted octanol–water partition coefficient (Wildman–Crippen LogP) is 2.23. The number of anilines is 2. The lowest BCUT2D eigenvalue weighted by molar-refractivity contribution is 0.602. The third kappa shape index (κ3) is 3.32. The number of aryl methyl sites for hydroxylation is 1. The minimum absolute atomic E-state index is 0.0739. The first kappa shape index (κ1) is 17.2. The van der Waals surface area contributed by atoms with Crippen LogP contribution in [-0.4, -0.2) is 45.7 Å². The van der Waals surface area contributed by atoms with Crippen LogP contribution < -0.4 is 15.4 Å². The largest absolute Gasteiger partial charge is 0.368 e. The minimum atomic E-state index is 0.0739. The number of benzene rings is 1. The summed E-state index contributed by atoms with van der Waals surface area (Å²) in [6.45, 7) is 6.32. The molecule has 2 aliphatic rings. The Balaban J connectivity index is 1.32. The van der Waals surface area contributed by atoms with Gasteiger partial charge in [-0.05, 0) is 49.4 Å². The first-order valence-corrected chi connectivity index (χ1v) is 9.95. The standard InChI is InChI=1S/C21H24N6O/c1-15-11-22-21(23-12-15)26-8-6-25(7-9-26)17-4-5-18-19(10-17)24-14-27(20(18)28)13-16-2-3-16/h4-5,10-12,14,16H,2-3,6-9,13H2,1H3. The first-order valence-electron chi connectivity index (χ1n) is 9.95. The van der Waals surface area contributed by atoms with E-state index in [9.17, 15) is 4.79 Å². The molecule has 1 aromatic carbocycles. The third-order valence-corrected chi connectivity index (χ3v) is 5.66. The molecule has 7 nitrogen and oxygen atoms in total. The van der Waals surface area contributed by atoms with Gasteiger partial charge >= 0.3 is 0 Å². The number of hydrogen-bond donors (Lipinski definition) is 0. The molecule has 2 aromatic heterocycles. The second-order valence-electron chi connectivity index (χ2n) is 7.88. The van der Waals surface area contributed by atoms with Gasteiger partial charge in [-0.25, -0.2) is 15.0 Å². The second kappa shape index (κ2) is 6.89. The number of aromatic nitrogens is 4. The Kier molecular flexibility index (Phi) is 4.22. The van der Waals surface area contributed by atoms with Crippen molar-refractivity contribution >= 4 is 22.5 Å². The molecule has 3 heterocycles. The predicted molar refractivity (Wildman–Crippen MR) is 110 cm³/mol. The van der Waals surface area contributed by atoms with E-state index in [1.165, 1.54) is 12.8 Å². The van der Waals surface area contributed by atoms with Gasteiger partial charge in [0.2, 0.25) is 5.95 Å². The van der Waals surface area contributed by atoms with Crippen LogP contribution >= 0.6 is 0 Å². The molecular formula is C21H24N6O. The lowest BCUT2D eigenvalue weighted by Crippen LogP contribution is -2.47. The normalized spacial score (nSPS) is 17.3. The molecule has 28 heavy (non-hydrogen) atoms. The average molecular weight is 376 g/mol. The van der Waals surface area contributed by atoms with E-state index in [0.717, 1.165) is 55.4 Å². The molecule has 0 unspecified atom stereocenters. The van der Waals surface area contributed by atoms with E-state index < -0.39 is 0 Å². The van der Waals surface area contributed by atoms with Gasteiger partial charge in [0.05, 0.1) is 17.2 Å². The highest BCUT2D eigenvalue weighted by molar-refractivity contribution is 5.81. The summed E-state index contributed by atoms with van der Waals surface area (Å²) in [5, 5.41) is 0.707. The summed E-state index contributed by atoms with van der Waals surface area (Å²) >= 11 is 0. The van der Waals surface area contributed by atoms with Crippen molar-refractivity contribution in [1.29, 1.82) is 0 Å². The molecule has 3 aromatic rings. The third-order valence-electron chi connectivity index (χ3n) is 5.66. The molecule has 0 N–H and O–H groups in total. The zero-order valence-corrected chi connectivity index (χ0v) is 16.1. The molecular weight excluding hydrogens is 352 g/mol. The van der Waals surface area contributed by atoms with Gasteiger partial charge in [0.15, 0.2) is 0 Å². The van der Waals surface area contributed by atoms with Crippen LogP contribution in [-0.2, 0) is 6.54 Å². The number of rotatable bonds is 4. The Morgan fingerprint density at radius 1 is 1.00 bits per heavy atom. The Bertz CT molecular complexity index is 1050. The lowest BCUT2D eigenvalue weighted by Gasteiger charge is -2.36. The minimum Gasteiger partial charge on any atom is -0.368 e. The molecule has 1 saturated heterocycles. The van der Waals surface area contributed by atoms with Crippen LogP contribution in [0.4, 0.5) is 11.6 Å².